The van der Waals surface area contributed by atoms with Crippen LogP contribution in [0.25, 0.3) is 0 Å². The summed E-state index contributed by atoms with van der Waals surface area (Å²) in [5.74, 6) is -1.06. The lowest BCUT2D eigenvalue weighted by Crippen LogP contribution is -2.57. The van der Waals surface area contributed by atoms with Crippen LogP contribution in [0.15, 0.2) is 24.3 Å². The number of amides is 1. The molecule has 1 N–H and O–H groups in total. The van der Waals surface area contributed by atoms with E-state index >= 15 is 0 Å². The van der Waals surface area contributed by atoms with E-state index in [1.807, 2.05) is 39.8 Å². The van der Waals surface area contributed by atoms with Crippen LogP contribution in [0.2, 0.25) is 0 Å². The number of carboxylic acid groups (broad SMARTS) is 1. The van der Waals surface area contributed by atoms with Gasteiger partial charge < -0.3 is 10.0 Å². The van der Waals surface area contributed by atoms with Crippen molar-refractivity contribution >= 4 is 11.9 Å². The molecule has 2 aliphatic rings. The number of benzene rings is 1. The summed E-state index contributed by atoms with van der Waals surface area (Å²) in [7, 11) is 0. The van der Waals surface area contributed by atoms with Gasteiger partial charge in [0.25, 0.3) is 0 Å². The lowest BCUT2D eigenvalue weighted by atomic mass is 9.94. The van der Waals surface area contributed by atoms with Gasteiger partial charge in [-0.05, 0) is 37.3 Å². The zero-order chi connectivity index (χ0) is 17.6. The molecule has 1 unspecified atom stereocenters. The highest BCUT2D eigenvalue weighted by Crippen LogP contribution is 2.41. The van der Waals surface area contributed by atoms with Crippen molar-refractivity contribution in [2.45, 2.75) is 64.8 Å². The molecular formula is C19H26N2O3. The molecule has 0 aromatic heterocycles. The maximum Gasteiger partial charge on any atom is 0.326 e. The van der Waals surface area contributed by atoms with Crippen LogP contribution >= 0.6 is 0 Å². The quantitative estimate of drug-likeness (QED) is 0.921. The first-order chi connectivity index (χ1) is 11.3. The SMILES string of the molecule is CCC(C)[C@@H](C(=O)O)N1C(=O)[C@@H]2Cc3ccccc3CN2C1(C)C. The third kappa shape index (κ3) is 2.42. The molecule has 2 aliphatic heterocycles. The first kappa shape index (κ1) is 17.0. The third-order valence-electron chi connectivity index (χ3n) is 5.78. The molecule has 3 rings (SSSR count). The monoisotopic (exact) mass is 330 g/mol. The Morgan fingerprint density at radius 3 is 2.54 bits per heavy atom. The van der Waals surface area contributed by atoms with Gasteiger partial charge in [0.1, 0.15) is 6.04 Å². The topological polar surface area (TPSA) is 60.9 Å². The Bertz CT molecular complexity index is 670. The summed E-state index contributed by atoms with van der Waals surface area (Å²) in [5, 5.41) is 9.78. The van der Waals surface area contributed by atoms with Crippen molar-refractivity contribution in [3.05, 3.63) is 35.4 Å². The molecule has 0 saturated carbocycles. The van der Waals surface area contributed by atoms with Crippen LogP contribution in [0, 0.1) is 5.92 Å². The number of carbonyl (C=O) groups excluding carboxylic acids is 1. The Morgan fingerprint density at radius 1 is 1.33 bits per heavy atom. The zero-order valence-electron chi connectivity index (χ0n) is 14.8. The molecule has 5 heteroatoms. The zero-order valence-corrected chi connectivity index (χ0v) is 14.8. The molecular weight excluding hydrogens is 304 g/mol. The molecule has 2 heterocycles. The van der Waals surface area contributed by atoms with Gasteiger partial charge in [-0.15, -0.1) is 0 Å². The molecule has 1 aromatic rings. The maximum atomic E-state index is 13.2. The molecule has 130 valence electrons. The Labute approximate surface area is 143 Å². The van der Waals surface area contributed by atoms with Crippen LogP contribution < -0.4 is 0 Å². The number of carboxylic acids is 1. The average Bonchev–Trinajstić information content (AvgIpc) is 2.73. The second-order valence-electron chi connectivity index (χ2n) is 7.49. The van der Waals surface area contributed by atoms with Crippen molar-refractivity contribution in [2.24, 2.45) is 5.92 Å². The third-order valence-corrected chi connectivity index (χ3v) is 5.78. The maximum absolute atomic E-state index is 13.2. The number of carbonyl (C=O) groups is 2. The second-order valence-corrected chi connectivity index (χ2v) is 7.49. The average molecular weight is 330 g/mol. The lowest BCUT2D eigenvalue weighted by molar-refractivity contribution is -0.156. The summed E-state index contributed by atoms with van der Waals surface area (Å²) in [6.45, 7) is 8.50. The van der Waals surface area contributed by atoms with E-state index in [-0.39, 0.29) is 17.9 Å². The summed E-state index contributed by atoms with van der Waals surface area (Å²) in [6, 6.07) is 7.13. The number of fused-ring (bicyclic) bond motifs is 2. The van der Waals surface area contributed by atoms with Crippen molar-refractivity contribution in [3.63, 3.8) is 0 Å². The predicted octanol–water partition coefficient (Wildman–Crippen LogP) is 2.49. The van der Waals surface area contributed by atoms with Crippen LogP contribution in [0.3, 0.4) is 0 Å². The van der Waals surface area contributed by atoms with E-state index < -0.39 is 17.7 Å². The molecule has 1 fully saturated rings. The van der Waals surface area contributed by atoms with E-state index in [9.17, 15) is 14.7 Å². The highest BCUT2D eigenvalue weighted by molar-refractivity contribution is 5.90. The molecule has 3 atom stereocenters. The van der Waals surface area contributed by atoms with Crippen LogP contribution in [-0.2, 0) is 22.6 Å². The number of nitrogens with zero attached hydrogens (tertiary/aromatic N) is 2. The fourth-order valence-electron chi connectivity index (χ4n) is 4.20. The number of hydrogen-bond donors (Lipinski definition) is 1. The van der Waals surface area contributed by atoms with Crippen molar-refractivity contribution in [2.75, 3.05) is 0 Å². The van der Waals surface area contributed by atoms with Gasteiger partial charge in [0.05, 0.1) is 11.7 Å². The Kier molecular flexibility index (Phi) is 4.16. The van der Waals surface area contributed by atoms with Crippen molar-refractivity contribution in [1.82, 2.24) is 9.80 Å². The van der Waals surface area contributed by atoms with Gasteiger partial charge in [-0.3, -0.25) is 9.69 Å². The van der Waals surface area contributed by atoms with E-state index in [0.29, 0.717) is 13.0 Å². The largest absolute Gasteiger partial charge is 0.480 e. The van der Waals surface area contributed by atoms with E-state index in [1.165, 1.54) is 11.1 Å². The van der Waals surface area contributed by atoms with Crippen LogP contribution in [-0.4, -0.2) is 44.5 Å². The normalized spacial score (nSPS) is 25.1. The Morgan fingerprint density at radius 2 is 1.96 bits per heavy atom. The summed E-state index contributed by atoms with van der Waals surface area (Å²) in [4.78, 5) is 28.9. The molecule has 1 saturated heterocycles. The van der Waals surface area contributed by atoms with Gasteiger partial charge in [-0.25, -0.2) is 4.79 Å². The molecule has 1 amide bonds. The summed E-state index contributed by atoms with van der Waals surface area (Å²) < 4.78 is 0. The number of rotatable bonds is 4. The highest BCUT2D eigenvalue weighted by atomic mass is 16.4. The fraction of sp³-hybridized carbons (Fsp3) is 0.579. The Hall–Kier alpha value is -1.88. The van der Waals surface area contributed by atoms with Gasteiger partial charge in [0.15, 0.2) is 0 Å². The lowest BCUT2D eigenvalue weighted by Gasteiger charge is -2.43. The minimum atomic E-state index is -0.914. The van der Waals surface area contributed by atoms with E-state index in [1.54, 1.807) is 4.90 Å². The van der Waals surface area contributed by atoms with Crippen molar-refractivity contribution < 1.29 is 14.7 Å². The van der Waals surface area contributed by atoms with Gasteiger partial charge in [0, 0.05) is 6.54 Å². The number of aliphatic carboxylic acids is 1. The van der Waals surface area contributed by atoms with Crippen LogP contribution in [0.5, 0.6) is 0 Å². The Balaban J connectivity index is 2.01. The van der Waals surface area contributed by atoms with Gasteiger partial charge >= 0.3 is 5.97 Å². The summed E-state index contributed by atoms with van der Waals surface area (Å²) >= 11 is 0. The predicted molar refractivity (Wildman–Crippen MR) is 91.3 cm³/mol. The first-order valence-corrected chi connectivity index (χ1v) is 8.68. The standard InChI is InChI=1S/C19H26N2O3/c1-5-12(2)16(18(23)24)21-17(22)15-10-13-8-6-7-9-14(13)11-20(15)19(21,3)4/h6-9,12,15-16H,5,10-11H2,1-4H3,(H,23,24)/t12?,15-,16-/m0/s1. The van der Waals surface area contributed by atoms with Crippen LogP contribution in [0.1, 0.15) is 45.2 Å². The summed E-state index contributed by atoms with van der Waals surface area (Å²) in [5.41, 5.74) is 1.81. The molecule has 0 radical (unpaired) electrons. The van der Waals surface area contributed by atoms with E-state index in [2.05, 4.69) is 17.0 Å². The molecule has 0 aliphatic carbocycles. The second kappa shape index (κ2) is 5.88. The molecule has 0 spiro atoms. The smallest absolute Gasteiger partial charge is 0.326 e. The minimum Gasteiger partial charge on any atom is -0.480 e. The molecule has 24 heavy (non-hydrogen) atoms. The summed E-state index contributed by atoms with van der Waals surface area (Å²) in [6.07, 6.45) is 1.38. The highest BCUT2D eigenvalue weighted by Gasteiger charge is 2.56. The molecule has 0 bridgehead atoms. The van der Waals surface area contributed by atoms with Crippen molar-refractivity contribution in [3.8, 4) is 0 Å². The first-order valence-electron chi connectivity index (χ1n) is 8.68. The molecule has 5 nitrogen and oxygen atoms in total. The minimum absolute atomic E-state index is 0.0535. The fourth-order valence-corrected chi connectivity index (χ4v) is 4.20. The van der Waals surface area contributed by atoms with Gasteiger partial charge in [-0.1, -0.05) is 44.5 Å². The van der Waals surface area contributed by atoms with Gasteiger partial charge in [0.2, 0.25) is 5.91 Å². The number of hydrogen-bond acceptors (Lipinski definition) is 3. The van der Waals surface area contributed by atoms with Crippen LogP contribution in [0.4, 0.5) is 0 Å². The van der Waals surface area contributed by atoms with E-state index in [4.69, 9.17) is 0 Å². The van der Waals surface area contributed by atoms with Crippen molar-refractivity contribution in [1.29, 1.82) is 0 Å². The van der Waals surface area contributed by atoms with E-state index in [0.717, 1.165) is 6.42 Å². The van der Waals surface area contributed by atoms with Gasteiger partial charge in [-0.2, -0.15) is 0 Å². The molecule has 1 aromatic carbocycles.